The fraction of sp³-hybridized carbons (Fsp3) is 0.154. The molecule has 0 aliphatic heterocycles. The Balaban J connectivity index is 2.26. The van der Waals surface area contributed by atoms with E-state index in [2.05, 4.69) is 20.1 Å². The van der Waals surface area contributed by atoms with E-state index < -0.39 is 5.97 Å². The lowest BCUT2D eigenvalue weighted by Crippen LogP contribution is -2.02. The lowest BCUT2D eigenvalue weighted by atomic mass is 10.2. The molecule has 3 aromatic heterocycles. The summed E-state index contributed by atoms with van der Waals surface area (Å²) in [6, 6.07) is 1.73. The second-order valence-electron chi connectivity index (χ2n) is 4.36. The first-order valence-electron chi connectivity index (χ1n) is 6.07. The summed E-state index contributed by atoms with van der Waals surface area (Å²) in [6.45, 7) is 1.83. The minimum Gasteiger partial charge on any atom is -0.478 e. The molecule has 8 heteroatoms. The number of carbonyl (C=O) groups is 1. The molecule has 7 nitrogen and oxygen atoms in total. The number of fused-ring (bicyclic) bond motifs is 1. The summed E-state index contributed by atoms with van der Waals surface area (Å²) in [5.74, 6) is -1.02. The summed E-state index contributed by atoms with van der Waals surface area (Å²) >= 11 is 1.27. The highest BCUT2D eigenvalue weighted by Crippen LogP contribution is 2.35. The van der Waals surface area contributed by atoms with Crippen molar-refractivity contribution < 1.29 is 9.90 Å². The molecule has 3 aromatic rings. The van der Waals surface area contributed by atoms with Crippen LogP contribution in [0, 0.1) is 6.92 Å². The largest absolute Gasteiger partial charge is 0.478 e. The minimum absolute atomic E-state index is 0.141. The number of aromatic nitrogens is 5. The average molecular weight is 301 g/mol. The monoisotopic (exact) mass is 301 g/mol. The van der Waals surface area contributed by atoms with E-state index in [0.29, 0.717) is 15.6 Å². The van der Waals surface area contributed by atoms with E-state index in [1.54, 1.807) is 24.0 Å². The zero-order valence-electron chi connectivity index (χ0n) is 11.3. The SMILES string of the molecule is Cc1nn(C)c2ncc(C(=O)O)c(Sc3ccncn3)c12. The number of pyridine rings is 1. The summed E-state index contributed by atoms with van der Waals surface area (Å²) in [6.07, 6.45) is 4.40. The van der Waals surface area contributed by atoms with Gasteiger partial charge in [-0.3, -0.25) is 4.68 Å². The second kappa shape index (κ2) is 5.13. The molecule has 0 fully saturated rings. The molecule has 3 heterocycles. The van der Waals surface area contributed by atoms with Crippen LogP contribution < -0.4 is 0 Å². The first kappa shape index (κ1) is 13.5. The van der Waals surface area contributed by atoms with Gasteiger partial charge in [-0.05, 0) is 13.0 Å². The van der Waals surface area contributed by atoms with Crippen LogP contribution in [-0.4, -0.2) is 35.8 Å². The predicted molar refractivity (Wildman–Crippen MR) is 76.4 cm³/mol. The minimum atomic E-state index is -1.02. The van der Waals surface area contributed by atoms with Crippen molar-refractivity contribution in [3.05, 3.63) is 36.0 Å². The van der Waals surface area contributed by atoms with Crippen molar-refractivity contribution in [1.29, 1.82) is 0 Å². The maximum absolute atomic E-state index is 11.5. The fourth-order valence-electron chi connectivity index (χ4n) is 2.08. The Morgan fingerprint density at radius 3 is 2.86 bits per heavy atom. The number of hydrogen-bond donors (Lipinski definition) is 1. The smallest absolute Gasteiger partial charge is 0.338 e. The number of rotatable bonds is 3. The second-order valence-corrected chi connectivity index (χ2v) is 5.39. The van der Waals surface area contributed by atoms with Crippen molar-refractivity contribution >= 4 is 28.8 Å². The van der Waals surface area contributed by atoms with Crippen molar-refractivity contribution in [2.24, 2.45) is 7.05 Å². The molecule has 21 heavy (non-hydrogen) atoms. The molecule has 0 saturated carbocycles. The normalized spacial score (nSPS) is 11.0. The number of aromatic carboxylic acids is 1. The molecule has 0 aliphatic rings. The van der Waals surface area contributed by atoms with Crippen LogP contribution in [0.1, 0.15) is 16.1 Å². The van der Waals surface area contributed by atoms with Crippen LogP contribution in [0.15, 0.2) is 34.7 Å². The zero-order chi connectivity index (χ0) is 15.0. The van der Waals surface area contributed by atoms with Crippen LogP contribution in [-0.2, 0) is 7.05 Å². The van der Waals surface area contributed by atoms with E-state index in [1.165, 1.54) is 24.3 Å². The average Bonchev–Trinajstić information content (AvgIpc) is 2.75. The number of carboxylic acids is 1. The number of aryl methyl sites for hydroxylation is 2. The van der Waals surface area contributed by atoms with Crippen molar-refractivity contribution in [3.8, 4) is 0 Å². The predicted octanol–water partition coefficient (Wildman–Crippen LogP) is 1.92. The number of nitrogens with zero attached hydrogens (tertiary/aromatic N) is 5. The van der Waals surface area contributed by atoms with E-state index in [4.69, 9.17) is 0 Å². The highest BCUT2D eigenvalue weighted by molar-refractivity contribution is 7.99. The van der Waals surface area contributed by atoms with Gasteiger partial charge in [0.05, 0.1) is 16.6 Å². The molecule has 0 aromatic carbocycles. The van der Waals surface area contributed by atoms with E-state index in [1.807, 2.05) is 6.92 Å². The van der Waals surface area contributed by atoms with Gasteiger partial charge in [-0.15, -0.1) is 0 Å². The van der Waals surface area contributed by atoms with Gasteiger partial charge in [0.25, 0.3) is 0 Å². The molecule has 0 bridgehead atoms. The van der Waals surface area contributed by atoms with Gasteiger partial charge in [0.1, 0.15) is 11.4 Å². The Labute approximate surface area is 124 Å². The third-order valence-corrected chi connectivity index (χ3v) is 4.05. The third-order valence-electron chi connectivity index (χ3n) is 2.97. The van der Waals surface area contributed by atoms with E-state index >= 15 is 0 Å². The van der Waals surface area contributed by atoms with Gasteiger partial charge >= 0.3 is 5.97 Å². The van der Waals surface area contributed by atoms with Gasteiger partial charge in [-0.1, -0.05) is 11.8 Å². The van der Waals surface area contributed by atoms with Gasteiger partial charge in [0.2, 0.25) is 0 Å². The van der Waals surface area contributed by atoms with Gasteiger partial charge in [0, 0.05) is 24.3 Å². The van der Waals surface area contributed by atoms with Gasteiger partial charge in [0.15, 0.2) is 5.65 Å². The molecule has 0 unspecified atom stereocenters. The zero-order valence-corrected chi connectivity index (χ0v) is 12.1. The van der Waals surface area contributed by atoms with Crippen LogP contribution in [0.25, 0.3) is 11.0 Å². The summed E-state index contributed by atoms with van der Waals surface area (Å²) < 4.78 is 1.64. The van der Waals surface area contributed by atoms with E-state index in [9.17, 15) is 9.90 Å². The Hall–Kier alpha value is -2.48. The molecule has 0 spiro atoms. The van der Waals surface area contributed by atoms with Crippen molar-refractivity contribution in [2.75, 3.05) is 0 Å². The molecular weight excluding hydrogens is 290 g/mol. The fourth-order valence-corrected chi connectivity index (χ4v) is 3.11. The molecule has 0 atom stereocenters. The van der Waals surface area contributed by atoms with Crippen LogP contribution in [0.2, 0.25) is 0 Å². The summed E-state index contributed by atoms with van der Waals surface area (Å²) in [7, 11) is 1.78. The van der Waals surface area contributed by atoms with Crippen LogP contribution >= 0.6 is 11.8 Å². The Bertz CT molecular complexity index is 831. The maximum atomic E-state index is 11.5. The first-order chi connectivity index (χ1) is 10.1. The van der Waals surface area contributed by atoms with Gasteiger partial charge in [-0.25, -0.2) is 19.7 Å². The lowest BCUT2D eigenvalue weighted by Gasteiger charge is -2.07. The molecule has 0 radical (unpaired) electrons. The number of carboxylic acid groups (broad SMARTS) is 1. The first-order valence-corrected chi connectivity index (χ1v) is 6.89. The molecule has 0 aliphatic carbocycles. The lowest BCUT2D eigenvalue weighted by molar-refractivity contribution is 0.0693. The third kappa shape index (κ3) is 2.33. The molecule has 0 saturated heterocycles. The van der Waals surface area contributed by atoms with Crippen LogP contribution in [0.5, 0.6) is 0 Å². The highest BCUT2D eigenvalue weighted by Gasteiger charge is 2.20. The number of hydrogen-bond acceptors (Lipinski definition) is 6. The van der Waals surface area contributed by atoms with Crippen LogP contribution in [0.3, 0.4) is 0 Å². The van der Waals surface area contributed by atoms with Gasteiger partial charge in [-0.2, -0.15) is 5.10 Å². The van der Waals surface area contributed by atoms with E-state index in [-0.39, 0.29) is 5.56 Å². The maximum Gasteiger partial charge on any atom is 0.338 e. The molecule has 1 N–H and O–H groups in total. The Morgan fingerprint density at radius 2 is 2.19 bits per heavy atom. The topological polar surface area (TPSA) is 93.8 Å². The molecule has 0 amide bonds. The van der Waals surface area contributed by atoms with Crippen molar-refractivity contribution in [1.82, 2.24) is 24.7 Å². The summed E-state index contributed by atoms with van der Waals surface area (Å²) in [5.41, 5.74) is 1.52. The van der Waals surface area contributed by atoms with E-state index in [0.717, 1.165) is 11.1 Å². The molecule has 3 rings (SSSR count). The quantitative estimate of drug-likeness (QED) is 0.738. The van der Waals surface area contributed by atoms with Crippen molar-refractivity contribution in [3.63, 3.8) is 0 Å². The summed E-state index contributed by atoms with van der Waals surface area (Å²) in [5, 5.41) is 15.1. The molecular formula is C13H11N5O2S. The highest BCUT2D eigenvalue weighted by atomic mass is 32.2. The standard InChI is InChI=1S/C13H11N5O2S/c1-7-10-11(21-9-3-4-14-6-16-9)8(13(19)20)5-15-12(10)18(2)17-7/h3-6H,1-2H3,(H,19,20). The van der Waals surface area contributed by atoms with Crippen molar-refractivity contribution in [2.45, 2.75) is 16.8 Å². The molecule has 106 valence electrons. The van der Waals surface area contributed by atoms with Gasteiger partial charge < -0.3 is 5.11 Å². The Morgan fingerprint density at radius 1 is 1.38 bits per heavy atom. The summed E-state index contributed by atoms with van der Waals surface area (Å²) in [4.78, 5) is 24.2. The Kier molecular flexibility index (Phi) is 3.30. The van der Waals surface area contributed by atoms with Crippen LogP contribution in [0.4, 0.5) is 0 Å².